The molecular weight excluding hydrogens is 228 g/mol. The first-order valence-corrected chi connectivity index (χ1v) is 5.98. The van der Waals surface area contributed by atoms with E-state index in [1.165, 1.54) is 0 Å². The quantitative estimate of drug-likeness (QED) is 0.861. The molecule has 0 radical (unpaired) electrons. The number of benzene rings is 1. The molecule has 0 spiro atoms. The van der Waals surface area contributed by atoms with Crippen molar-refractivity contribution in [2.24, 2.45) is 0 Å². The van der Waals surface area contributed by atoms with Gasteiger partial charge < -0.3 is 10.4 Å². The van der Waals surface area contributed by atoms with Crippen molar-refractivity contribution >= 4 is 16.8 Å². The second-order valence-corrected chi connectivity index (χ2v) is 4.26. The van der Waals surface area contributed by atoms with Crippen LogP contribution >= 0.6 is 0 Å². The lowest BCUT2D eigenvalue weighted by atomic mass is 10.1. The van der Waals surface area contributed by atoms with Crippen molar-refractivity contribution in [3.63, 3.8) is 0 Å². The number of carbonyl (C=O) groups excluding carboxylic acids is 1. The monoisotopic (exact) mass is 244 g/mol. The lowest BCUT2D eigenvalue weighted by Crippen LogP contribution is -2.33. The maximum Gasteiger partial charge on any atom is 0.252 e. The van der Waals surface area contributed by atoms with Gasteiger partial charge in [0.15, 0.2) is 0 Å². The number of hydrogen-bond donors (Lipinski definition) is 2. The average molecular weight is 244 g/mol. The number of aliphatic hydroxyl groups is 1. The van der Waals surface area contributed by atoms with Crippen LogP contribution in [0.3, 0.4) is 0 Å². The molecule has 0 aliphatic rings. The summed E-state index contributed by atoms with van der Waals surface area (Å²) in [6.45, 7) is 1.94. The molecule has 2 N–H and O–H groups in total. The van der Waals surface area contributed by atoms with Gasteiger partial charge in [0.05, 0.1) is 5.52 Å². The first kappa shape index (κ1) is 12.5. The van der Waals surface area contributed by atoms with Gasteiger partial charge in [-0.15, -0.1) is 0 Å². The maximum absolute atomic E-state index is 12.1. The van der Waals surface area contributed by atoms with Crippen LogP contribution in [0.2, 0.25) is 0 Å². The summed E-state index contributed by atoms with van der Waals surface area (Å²) in [5.41, 5.74) is 1.42. The fourth-order valence-corrected chi connectivity index (χ4v) is 1.87. The smallest absolute Gasteiger partial charge is 0.252 e. The zero-order valence-corrected chi connectivity index (χ0v) is 10.3. The van der Waals surface area contributed by atoms with Crippen LogP contribution in [-0.4, -0.2) is 28.6 Å². The minimum Gasteiger partial charge on any atom is -0.396 e. The molecule has 4 nitrogen and oxygen atoms in total. The Balaban J connectivity index is 2.28. The van der Waals surface area contributed by atoms with E-state index >= 15 is 0 Å². The first-order chi connectivity index (χ1) is 8.72. The summed E-state index contributed by atoms with van der Waals surface area (Å²) in [5.74, 6) is -0.130. The van der Waals surface area contributed by atoms with Crippen molar-refractivity contribution in [1.82, 2.24) is 10.3 Å². The molecule has 1 unspecified atom stereocenters. The van der Waals surface area contributed by atoms with E-state index in [0.717, 1.165) is 10.9 Å². The lowest BCUT2D eigenvalue weighted by molar-refractivity contribution is 0.0936. The summed E-state index contributed by atoms with van der Waals surface area (Å²) in [4.78, 5) is 16.3. The Morgan fingerprint density at radius 1 is 1.39 bits per heavy atom. The average Bonchev–Trinajstić information content (AvgIpc) is 2.38. The molecule has 1 aromatic carbocycles. The number of nitrogens with zero attached hydrogens (tertiary/aromatic N) is 1. The highest BCUT2D eigenvalue weighted by Gasteiger charge is 2.12. The summed E-state index contributed by atoms with van der Waals surface area (Å²) < 4.78 is 0. The minimum absolute atomic E-state index is 0.0468. The van der Waals surface area contributed by atoms with Crippen LogP contribution in [0.25, 0.3) is 10.9 Å². The van der Waals surface area contributed by atoms with Crippen molar-refractivity contribution in [3.05, 3.63) is 42.1 Å². The van der Waals surface area contributed by atoms with Gasteiger partial charge in [-0.2, -0.15) is 0 Å². The van der Waals surface area contributed by atoms with E-state index < -0.39 is 0 Å². The third-order valence-electron chi connectivity index (χ3n) is 2.83. The van der Waals surface area contributed by atoms with Crippen LogP contribution in [0.1, 0.15) is 23.7 Å². The number of aromatic nitrogens is 1. The van der Waals surface area contributed by atoms with Crippen molar-refractivity contribution in [2.75, 3.05) is 6.61 Å². The van der Waals surface area contributed by atoms with Crippen molar-refractivity contribution in [3.8, 4) is 0 Å². The molecule has 0 bridgehead atoms. The molecule has 1 aromatic heterocycles. The highest BCUT2D eigenvalue weighted by Crippen LogP contribution is 2.16. The van der Waals surface area contributed by atoms with Gasteiger partial charge in [-0.1, -0.05) is 12.1 Å². The van der Waals surface area contributed by atoms with E-state index in [4.69, 9.17) is 5.11 Å². The van der Waals surface area contributed by atoms with E-state index in [9.17, 15) is 4.79 Å². The molecule has 0 saturated carbocycles. The molecule has 2 rings (SSSR count). The van der Waals surface area contributed by atoms with Crippen LogP contribution < -0.4 is 5.32 Å². The molecule has 18 heavy (non-hydrogen) atoms. The largest absolute Gasteiger partial charge is 0.396 e. The number of nitrogens with one attached hydrogen (secondary N) is 1. The molecule has 4 heteroatoms. The third kappa shape index (κ3) is 2.65. The van der Waals surface area contributed by atoms with Crippen molar-refractivity contribution < 1.29 is 9.90 Å². The number of carbonyl (C=O) groups is 1. The predicted molar refractivity (Wildman–Crippen MR) is 70.4 cm³/mol. The van der Waals surface area contributed by atoms with Crippen LogP contribution in [0.15, 0.2) is 36.5 Å². The second-order valence-electron chi connectivity index (χ2n) is 4.26. The van der Waals surface area contributed by atoms with Crippen LogP contribution in [-0.2, 0) is 0 Å². The fourth-order valence-electron chi connectivity index (χ4n) is 1.87. The van der Waals surface area contributed by atoms with E-state index in [-0.39, 0.29) is 18.6 Å². The summed E-state index contributed by atoms with van der Waals surface area (Å²) in [6.07, 6.45) is 2.26. The summed E-state index contributed by atoms with van der Waals surface area (Å²) in [6, 6.07) is 9.13. The third-order valence-corrected chi connectivity index (χ3v) is 2.83. The molecule has 94 valence electrons. The molecule has 1 heterocycles. The normalized spacial score (nSPS) is 12.3. The maximum atomic E-state index is 12.1. The van der Waals surface area contributed by atoms with Crippen molar-refractivity contribution in [1.29, 1.82) is 0 Å². The SMILES string of the molecule is CC(CCO)NC(=O)c1cccc2ncccc12. The number of pyridine rings is 1. The lowest BCUT2D eigenvalue weighted by Gasteiger charge is -2.13. The highest BCUT2D eigenvalue weighted by molar-refractivity contribution is 6.06. The zero-order valence-electron chi connectivity index (χ0n) is 10.3. The van der Waals surface area contributed by atoms with Gasteiger partial charge in [-0.05, 0) is 31.5 Å². The minimum atomic E-state index is -0.130. The molecule has 0 saturated heterocycles. The van der Waals surface area contributed by atoms with Gasteiger partial charge in [0.2, 0.25) is 0 Å². The van der Waals surface area contributed by atoms with E-state index in [1.54, 1.807) is 12.3 Å². The van der Waals surface area contributed by atoms with Gasteiger partial charge in [0.1, 0.15) is 0 Å². The van der Waals surface area contributed by atoms with Crippen LogP contribution in [0, 0.1) is 0 Å². The molecule has 0 aliphatic heterocycles. The Kier molecular flexibility index (Phi) is 3.89. The van der Waals surface area contributed by atoms with Crippen molar-refractivity contribution in [2.45, 2.75) is 19.4 Å². The molecular formula is C14H16N2O2. The highest BCUT2D eigenvalue weighted by atomic mass is 16.3. The number of amides is 1. The van der Waals surface area contributed by atoms with Crippen LogP contribution in [0.4, 0.5) is 0 Å². The zero-order chi connectivity index (χ0) is 13.0. The molecule has 1 amide bonds. The summed E-state index contributed by atoms with van der Waals surface area (Å²) in [5, 5.41) is 12.5. The van der Waals surface area contributed by atoms with Gasteiger partial charge >= 0.3 is 0 Å². The Bertz CT molecular complexity index is 549. The topological polar surface area (TPSA) is 62.2 Å². The Morgan fingerprint density at radius 2 is 2.22 bits per heavy atom. The Labute approximate surface area is 106 Å². The molecule has 0 aliphatic carbocycles. The number of rotatable bonds is 4. The van der Waals surface area contributed by atoms with Gasteiger partial charge in [-0.3, -0.25) is 9.78 Å². The van der Waals surface area contributed by atoms with E-state index in [2.05, 4.69) is 10.3 Å². The number of fused-ring (bicyclic) bond motifs is 1. The molecule has 1 atom stereocenters. The van der Waals surface area contributed by atoms with Gasteiger partial charge in [0.25, 0.3) is 5.91 Å². The first-order valence-electron chi connectivity index (χ1n) is 5.98. The van der Waals surface area contributed by atoms with Crippen LogP contribution in [0.5, 0.6) is 0 Å². The number of hydrogen-bond acceptors (Lipinski definition) is 3. The Morgan fingerprint density at radius 3 is 3.00 bits per heavy atom. The molecule has 0 fully saturated rings. The summed E-state index contributed by atoms with van der Waals surface area (Å²) >= 11 is 0. The standard InChI is InChI=1S/C14H16N2O2/c1-10(7-9-17)16-14(18)12-4-2-6-13-11(12)5-3-8-15-13/h2-6,8,10,17H,7,9H2,1H3,(H,16,18). The summed E-state index contributed by atoms with van der Waals surface area (Å²) in [7, 11) is 0. The van der Waals surface area contributed by atoms with E-state index in [1.807, 2.05) is 31.2 Å². The molecule has 2 aromatic rings. The van der Waals surface area contributed by atoms with E-state index in [0.29, 0.717) is 12.0 Å². The Hall–Kier alpha value is -1.94. The van der Waals surface area contributed by atoms with Gasteiger partial charge in [0, 0.05) is 29.8 Å². The fraction of sp³-hybridized carbons (Fsp3) is 0.286. The predicted octanol–water partition coefficient (Wildman–Crippen LogP) is 1.74. The second kappa shape index (κ2) is 5.60. The van der Waals surface area contributed by atoms with Gasteiger partial charge in [-0.25, -0.2) is 0 Å². The number of aliphatic hydroxyl groups excluding tert-OH is 1.